The van der Waals surface area contributed by atoms with Crippen molar-refractivity contribution in [2.75, 3.05) is 6.61 Å². The third kappa shape index (κ3) is 4.27. The van der Waals surface area contributed by atoms with Crippen molar-refractivity contribution in [3.05, 3.63) is 35.9 Å². The van der Waals surface area contributed by atoms with Crippen LogP contribution in [0.25, 0.3) is 6.08 Å². The second kappa shape index (κ2) is 6.94. The number of imide groups is 1. The first-order valence-corrected chi connectivity index (χ1v) is 7.22. The fourth-order valence-corrected chi connectivity index (χ4v) is 2.26. The Hall–Kier alpha value is -2.51. The van der Waals surface area contributed by atoms with E-state index in [-0.39, 0.29) is 18.1 Å². The van der Waals surface area contributed by atoms with Crippen molar-refractivity contribution in [3.63, 3.8) is 0 Å². The lowest BCUT2D eigenvalue weighted by Gasteiger charge is -2.21. The minimum atomic E-state index is -4.84. The van der Waals surface area contributed by atoms with Gasteiger partial charge in [-0.15, -0.1) is 13.2 Å². The molecular formula is C16H16F3NO4. The molecule has 2 rings (SSSR count). The van der Waals surface area contributed by atoms with E-state index in [4.69, 9.17) is 4.74 Å². The Bertz CT molecular complexity index is 655. The maximum atomic E-state index is 12.4. The van der Waals surface area contributed by atoms with Gasteiger partial charge in [-0.05, 0) is 18.1 Å². The molecule has 0 N–H and O–H groups in total. The number of benzene rings is 1. The number of rotatable bonds is 4. The summed E-state index contributed by atoms with van der Waals surface area (Å²) in [6.45, 7) is 3.77. The summed E-state index contributed by atoms with van der Waals surface area (Å²) in [6.07, 6.45) is -3.40. The Kier molecular flexibility index (Phi) is 5.16. The van der Waals surface area contributed by atoms with Gasteiger partial charge in [0.15, 0.2) is 0 Å². The van der Waals surface area contributed by atoms with Crippen LogP contribution >= 0.6 is 0 Å². The smallest absolute Gasteiger partial charge is 0.447 e. The van der Waals surface area contributed by atoms with Crippen LogP contribution < -0.4 is 4.74 Å². The highest BCUT2D eigenvalue weighted by Gasteiger charge is 2.38. The molecule has 1 atom stereocenters. The van der Waals surface area contributed by atoms with Gasteiger partial charge < -0.3 is 9.47 Å². The molecule has 0 aromatic heterocycles. The van der Waals surface area contributed by atoms with Gasteiger partial charge in [0.1, 0.15) is 12.4 Å². The summed E-state index contributed by atoms with van der Waals surface area (Å²) in [7, 11) is 0. The number of para-hydroxylation sites is 1. The summed E-state index contributed by atoms with van der Waals surface area (Å²) in [6, 6.07) is 4.99. The molecule has 1 aromatic rings. The number of carbonyl (C=O) groups excluding carboxylic acids is 2. The van der Waals surface area contributed by atoms with Crippen LogP contribution in [0.3, 0.4) is 0 Å². The van der Waals surface area contributed by atoms with Crippen molar-refractivity contribution < 1.29 is 32.2 Å². The van der Waals surface area contributed by atoms with E-state index in [2.05, 4.69) is 4.74 Å². The Labute approximate surface area is 136 Å². The maximum Gasteiger partial charge on any atom is 0.573 e. The molecular weight excluding hydrogens is 327 g/mol. The zero-order valence-electron chi connectivity index (χ0n) is 13.0. The van der Waals surface area contributed by atoms with Crippen molar-refractivity contribution in [2.45, 2.75) is 26.3 Å². The van der Waals surface area contributed by atoms with Gasteiger partial charge >= 0.3 is 12.5 Å². The number of halogens is 3. The molecule has 24 heavy (non-hydrogen) atoms. The quantitative estimate of drug-likeness (QED) is 0.784. The minimum absolute atomic E-state index is 0.00495. The molecule has 1 aliphatic rings. The largest absolute Gasteiger partial charge is 0.573 e. The normalized spacial score (nSPS) is 18.3. The summed E-state index contributed by atoms with van der Waals surface area (Å²) >= 11 is 0. The molecule has 0 bridgehead atoms. The Balaban J connectivity index is 2.19. The molecule has 1 fully saturated rings. The number of ether oxygens (including phenoxy) is 2. The number of carbonyl (C=O) groups is 2. The number of hydrogen-bond acceptors (Lipinski definition) is 4. The SMILES string of the molecule is CC(C)[C@H]1COC(=O)N1C(=O)/C=C/c1ccccc1OC(F)(F)F. The number of nitrogens with zero attached hydrogens (tertiary/aromatic N) is 1. The summed E-state index contributed by atoms with van der Waals surface area (Å²) in [5.74, 6) is -1.09. The van der Waals surface area contributed by atoms with Crippen molar-refractivity contribution in [2.24, 2.45) is 5.92 Å². The fourth-order valence-electron chi connectivity index (χ4n) is 2.26. The van der Waals surface area contributed by atoms with Gasteiger partial charge in [0.05, 0.1) is 6.04 Å². The first-order valence-electron chi connectivity index (χ1n) is 7.22. The summed E-state index contributed by atoms with van der Waals surface area (Å²) in [5, 5.41) is 0. The van der Waals surface area contributed by atoms with Crippen LogP contribution in [0.1, 0.15) is 19.4 Å². The molecule has 8 heteroatoms. The predicted octanol–water partition coefficient (Wildman–Crippen LogP) is 3.60. The molecule has 1 saturated heterocycles. The lowest BCUT2D eigenvalue weighted by atomic mass is 10.0. The van der Waals surface area contributed by atoms with Gasteiger partial charge in [-0.25, -0.2) is 9.69 Å². The minimum Gasteiger partial charge on any atom is -0.447 e. The second-order valence-electron chi connectivity index (χ2n) is 5.52. The predicted molar refractivity (Wildman–Crippen MR) is 79.0 cm³/mol. The molecule has 0 spiro atoms. The molecule has 5 nitrogen and oxygen atoms in total. The zero-order chi connectivity index (χ0) is 17.9. The van der Waals surface area contributed by atoms with E-state index in [0.29, 0.717) is 0 Å². The average Bonchev–Trinajstić information content (AvgIpc) is 2.86. The van der Waals surface area contributed by atoms with E-state index >= 15 is 0 Å². The highest BCUT2D eigenvalue weighted by atomic mass is 19.4. The van der Waals surface area contributed by atoms with E-state index in [1.54, 1.807) is 0 Å². The number of cyclic esters (lactones) is 1. The zero-order valence-corrected chi connectivity index (χ0v) is 13.0. The van der Waals surface area contributed by atoms with E-state index in [1.807, 2.05) is 13.8 Å². The Morgan fingerprint density at radius 2 is 2.04 bits per heavy atom. The van der Waals surface area contributed by atoms with Crippen LogP contribution in [0, 0.1) is 5.92 Å². The van der Waals surface area contributed by atoms with Gasteiger partial charge in [-0.3, -0.25) is 4.79 Å². The van der Waals surface area contributed by atoms with Crippen LogP contribution in [0.15, 0.2) is 30.3 Å². The third-order valence-corrected chi connectivity index (χ3v) is 3.46. The average molecular weight is 343 g/mol. The highest BCUT2D eigenvalue weighted by molar-refractivity contribution is 6.02. The lowest BCUT2D eigenvalue weighted by molar-refractivity contribution is -0.274. The molecule has 0 radical (unpaired) electrons. The Morgan fingerprint density at radius 3 is 2.67 bits per heavy atom. The van der Waals surface area contributed by atoms with Gasteiger partial charge in [0.25, 0.3) is 5.91 Å². The molecule has 1 heterocycles. The number of amides is 2. The number of hydrogen-bond donors (Lipinski definition) is 0. The Morgan fingerprint density at radius 1 is 1.38 bits per heavy atom. The maximum absolute atomic E-state index is 12.4. The van der Waals surface area contributed by atoms with Crippen molar-refractivity contribution in [3.8, 4) is 5.75 Å². The molecule has 130 valence electrons. The van der Waals surface area contributed by atoms with E-state index in [9.17, 15) is 22.8 Å². The molecule has 2 amide bonds. The van der Waals surface area contributed by atoms with Crippen molar-refractivity contribution in [1.82, 2.24) is 4.90 Å². The van der Waals surface area contributed by atoms with E-state index in [0.717, 1.165) is 17.0 Å². The van der Waals surface area contributed by atoms with E-state index < -0.39 is 30.2 Å². The lowest BCUT2D eigenvalue weighted by Crippen LogP contribution is -2.40. The van der Waals surface area contributed by atoms with Gasteiger partial charge in [0.2, 0.25) is 0 Å². The van der Waals surface area contributed by atoms with Crippen molar-refractivity contribution >= 4 is 18.1 Å². The first-order chi connectivity index (χ1) is 11.2. The van der Waals surface area contributed by atoms with E-state index in [1.165, 1.54) is 24.3 Å². The van der Waals surface area contributed by atoms with Gasteiger partial charge in [-0.1, -0.05) is 32.0 Å². The third-order valence-electron chi connectivity index (χ3n) is 3.46. The van der Waals surface area contributed by atoms with Crippen LogP contribution in [-0.4, -0.2) is 35.9 Å². The topological polar surface area (TPSA) is 55.8 Å². The molecule has 0 saturated carbocycles. The molecule has 0 aliphatic carbocycles. The molecule has 1 aromatic carbocycles. The standard InChI is InChI=1S/C16H16F3NO4/c1-10(2)12-9-23-15(22)20(12)14(21)8-7-11-5-3-4-6-13(11)24-16(17,18)19/h3-8,10,12H,9H2,1-2H3/b8-7+/t12-/m1/s1. The van der Waals surface area contributed by atoms with Crippen LogP contribution in [0.5, 0.6) is 5.75 Å². The van der Waals surface area contributed by atoms with Gasteiger partial charge in [0, 0.05) is 11.6 Å². The van der Waals surface area contributed by atoms with Gasteiger partial charge in [-0.2, -0.15) is 0 Å². The van der Waals surface area contributed by atoms with Crippen LogP contribution in [0.4, 0.5) is 18.0 Å². The van der Waals surface area contributed by atoms with Crippen molar-refractivity contribution in [1.29, 1.82) is 0 Å². The van der Waals surface area contributed by atoms with Crippen LogP contribution in [-0.2, 0) is 9.53 Å². The first kappa shape index (κ1) is 17.8. The van der Waals surface area contributed by atoms with Crippen LogP contribution in [0.2, 0.25) is 0 Å². The summed E-state index contributed by atoms with van der Waals surface area (Å²) < 4.78 is 45.9. The second-order valence-corrected chi connectivity index (χ2v) is 5.52. The summed E-state index contributed by atoms with van der Waals surface area (Å²) in [5.41, 5.74) is 0.0665. The number of alkyl halides is 3. The highest BCUT2D eigenvalue weighted by Crippen LogP contribution is 2.27. The monoisotopic (exact) mass is 343 g/mol. The summed E-state index contributed by atoms with van der Waals surface area (Å²) in [4.78, 5) is 24.9. The molecule has 0 unspecified atom stereocenters. The molecule has 1 aliphatic heterocycles. The fraction of sp³-hybridized carbons (Fsp3) is 0.375.